The lowest BCUT2D eigenvalue weighted by molar-refractivity contribution is -0.141. The minimum Gasteiger partial charge on any atom is -0.480 e. The van der Waals surface area contributed by atoms with Gasteiger partial charge in [0.25, 0.3) is 5.91 Å². The second-order valence-electron chi connectivity index (χ2n) is 4.04. The molecule has 21 heavy (non-hydrogen) atoms. The molecule has 0 aliphatic rings. The van der Waals surface area contributed by atoms with Gasteiger partial charge >= 0.3 is 12.1 Å². The Labute approximate surface area is 118 Å². The zero-order valence-electron chi connectivity index (χ0n) is 11.1. The predicted molar refractivity (Wildman–Crippen MR) is 64.7 cm³/mol. The van der Waals surface area contributed by atoms with Crippen LogP contribution in [0.25, 0.3) is 0 Å². The lowest BCUT2D eigenvalue weighted by Gasteiger charge is -2.20. The van der Waals surface area contributed by atoms with Crippen molar-refractivity contribution in [1.82, 2.24) is 9.88 Å². The molecule has 1 aromatic rings. The highest BCUT2D eigenvalue weighted by molar-refractivity contribution is 5.95. The molecule has 1 rings (SSSR count). The van der Waals surface area contributed by atoms with Gasteiger partial charge in [0.2, 0.25) is 0 Å². The second-order valence-corrected chi connectivity index (χ2v) is 4.04. The van der Waals surface area contributed by atoms with Crippen molar-refractivity contribution in [3.8, 4) is 0 Å². The maximum Gasteiger partial charge on any atom is 0.433 e. The average Bonchev–Trinajstić information content (AvgIpc) is 2.41. The molecule has 0 atom stereocenters. The van der Waals surface area contributed by atoms with Crippen LogP contribution in [0.2, 0.25) is 0 Å². The van der Waals surface area contributed by atoms with E-state index in [9.17, 15) is 22.8 Å². The number of aliphatic carboxylic acids is 1. The van der Waals surface area contributed by atoms with Gasteiger partial charge in [0.05, 0.1) is 12.2 Å². The van der Waals surface area contributed by atoms with Gasteiger partial charge in [-0.15, -0.1) is 0 Å². The van der Waals surface area contributed by atoms with Crippen molar-refractivity contribution in [3.05, 3.63) is 29.6 Å². The van der Waals surface area contributed by atoms with Crippen LogP contribution in [0.5, 0.6) is 0 Å². The Morgan fingerprint density at radius 1 is 1.38 bits per heavy atom. The molecule has 0 aliphatic heterocycles. The van der Waals surface area contributed by atoms with E-state index < -0.39 is 30.3 Å². The molecular formula is C12H13F3N2O4. The number of ether oxygens (including phenoxy) is 1. The Bertz CT molecular complexity index is 502. The molecule has 0 aromatic carbocycles. The van der Waals surface area contributed by atoms with E-state index in [0.29, 0.717) is 6.07 Å². The van der Waals surface area contributed by atoms with Crippen LogP contribution in [-0.2, 0) is 15.7 Å². The zero-order chi connectivity index (χ0) is 16.0. The van der Waals surface area contributed by atoms with Gasteiger partial charge in [0.15, 0.2) is 0 Å². The van der Waals surface area contributed by atoms with E-state index in [1.807, 2.05) is 0 Å². The summed E-state index contributed by atoms with van der Waals surface area (Å²) in [7, 11) is 1.38. The molecule has 1 aromatic heterocycles. The molecule has 6 nitrogen and oxygen atoms in total. The molecule has 0 unspecified atom stereocenters. The second kappa shape index (κ2) is 7.02. The summed E-state index contributed by atoms with van der Waals surface area (Å²) in [6.07, 6.45) is -3.83. The quantitative estimate of drug-likeness (QED) is 0.856. The lowest BCUT2D eigenvalue weighted by atomic mass is 10.2. The van der Waals surface area contributed by atoms with Crippen LogP contribution in [0.15, 0.2) is 18.3 Å². The summed E-state index contributed by atoms with van der Waals surface area (Å²) >= 11 is 0. The Morgan fingerprint density at radius 3 is 2.48 bits per heavy atom. The number of hydrogen-bond donors (Lipinski definition) is 1. The number of aromatic nitrogens is 1. The van der Waals surface area contributed by atoms with Gasteiger partial charge in [-0.3, -0.25) is 14.6 Å². The summed E-state index contributed by atoms with van der Waals surface area (Å²) in [6.45, 7) is -0.473. The van der Waals surface area contributed by atoms with Gasteiger partial charge in [-0.2, -0.15) is 13.2 Å². The minimum atomic E-state index is -4.60. The number of carbonyl (C=O) groups is 2. The normalized spacial score (nSPS) is 11.2. The fourth-order valence-corrected chi connectivity index (χ4v) is 1.49. The van der Waals surface area contributed by atoms with E-state index in [4.69, 9.17) is 9.84 Å². The molecule has 1 heterocycles. The predicted octanol–water partition coefficient (Wildman–Crippen LogP) is 1.27. The van der Waals surface area contributed by atoms with Gasteiger partial charge in [-0.1, -0.05) is 0 Å². The number of rotatable bonds is 6. The van der Waals surface area contributed by atoms with Crippen molar-refractivity contribution in [2.75, 3.05) is 26.8 Å². The fraction of sp³-hybridized carbons (Fsp3) is 0.417. The van der Waals surface area contributed by atoms with Crippen LogP contribution < -0.4 is 0 Å². The molecule has 0 saturated carbocycles. The number of nitrogens with zero attached hydrogens (tertiary/aromatic N) is 2. The van der Waals surface area contributed by atoms with Crippen molar-refractivity contribution in [2.24, 2.45) is 0 Å². The number of alkyl halides is 3. The van der Waals surface area contributed by atoms with E-state index >= 15 is 0 Å². The molecule has 0 bridgehead atoms. The zero-order valence-corrected chi connectivity index (χ0v) is 11.1. The number of hydrogen-bond acceptors (Lipinski definition) is 4. The van der Waals surface area contributed by atoms with Gasteiger partial charge in [0, 0.05) is 19.9 Å². The first-order valence-corrected chi connectivity index (χ1v) is 5.79. The van der Waals surface area contributed by atoms with Gasteiger partial charge < -0.3 is 14.7 Å². The third-order valence-corrected chi connectivity index (χ3v) is 2.48. The van der Waals surface area contributed by atoms with Crippen molar-refractivity contribution in [2.45, 2.75) is 6.18 Å². The van der Waals surface area contributed by atoms with Crippen LogP contribution >= 0.6 is 0 Å². The molecule has 1 N–H and O–H groups in total. The van der Waals surface area contributed by atoms with Crippen LogP contribution in [0, 0.1) is 0 Å². The molecule has 0 spiro atoms. The molecule has 9 heteroatoms. The molecule has 1 amide bonds. The van der Waals surface area contributed by atoms with E-state index in [1.54, 1.807) is 0 Å². The maximum atomic E-state index is 12.4. The summed E-state index contributed by atoms with van der Waals surface area (Å²) in [6, 6.07) is 1.63. The molecular weight excluding hydrogens is 293 g/mol. The van der Waals surface area contributed by atoms with Crippen molar-refractivity contribution in [3.63, 3.8) is 0 Å². The average molecular weight is 306 g/mol. The summed E-state index contributed by atoms with van der Waals surface area (Å²) < 4.78 is 41.8. The van der Waals surface area contributed by atoms with E-state index in [-0.39, 0.29) is 18.7 Å². The van der Waals surface area contributed by atoms with Crippen LogP contribution in [0.3, 0.4) is 0 Å². The van der Waals surface area contributed by atoms with Crippen LogP contribution in [-0.4, -0.2) is 53.7 Å². The number of halogens is 3. The van der Waals surface area contributed by atoms with Crippen molar-refractivity contribution < 1.29 is 32.6 Å². The summed E-state index contributed by atoms with van der Waals surface area (Å²) in [5.74, 6) is -1.96. The first-order valence-electron chi connectivity index (χ1n) is 5.79. The Morgan fingerprint density at radius 2 is 2.05 bits per heavy atom. The van der Waals surface area contributed by atoms with E-state index in [2.05, 4.69) is 4.98 Å². The van der Waals surface area contributed by atoms with Crippen molar-refractivity contribution >= 4 is 11.9 Å². The highest BCUT2D eigenvalue weighted by Gasteiger charge is 2.32. The SMILES string of the molecule is COCCN(CC(=O)O)C(=O)c1ccc(C(F)(F)F)nc1. The highest BCUT2D eigenvalue weighted by Crippen LogP contribution is 2.27. The monoisotopic (exact) mass is 306 g/mol. The largest absolute Gasteiger partial charge is 0.480 e. The van der Waals surface area contributed by atoms with E-state index in [0.717, 1.165) is 17.2 Å². The van der Waals surface area contributed by atoms with Gasteiger partial charge in [0.1, 0.15) is 12.2 Å². The van der Waals surface area contributed by atoms with Crippen molar-refractivity contribution in [1.29, 1.82) is 0 Å². The first-order chi connectivity index (χ1) is 9.75. The van der Waals surface area contributed by atoms with Crippen LogP contribution in [0.1, 0.15) is 16.1 Å². The Balaban J connectivity index is 2.90. The molecule has 0 saturated heterocycles. The number of pyridine rings is 1. The minimum absolute atomic E-state index is 0.00263. The Hall–Kier alpha value is -2.16. The number of carbonyl (C=O) groups excluding carboxylic acids is 1. The van der Waals surface area contributed by atoms with Crippen LogP contribution in [0.4, 0.5) is 13.2 Å². The third-order valence-electron chi connectivity index (χ3n) is 2.48. The number of amides is 1. The lowest BCUT2D eigenvalue weighted by Crippen LogP contribution is -2.38. The smallest absolute Gasteiger partial charge is 0.433 e. The molecule has 0 aliphatic carbocycles. The first kappa shape index (κ1) is 16.9. The Kier molecular flexibility index (Phi) is 5.65. The highest BCUT2D eigenvalue weighted by atomic mass is 19.4. The van der Waals surface area contributed by atoms with Gasteiger partial charge in [-0.05, 0) is 12.1 Å². The number of carboxylic acid groups (broad SMARTS) is 1. The number of methoxy groups -OCH3 is 1. The van der Waals surface area contributed by atoms with Gasteiger partial charge in [-0.25, -0.2) is 0 Å². The summed E-state index contributed by atoms with van der Waals surface area (Å²) in [5, 5.41) is 8.73. The summed E-state index contributed by atoms with van der Waals surface area (Å²) in [5.41, 5.74) is -1.25. The maximum absolute atomic E-state index is 12.4. The number of carboxylic acids is 1. The molecule has 0 fully saturated rings. The summed E-state index contributed by atoms with van der Waals surface area (Å²) in [4.78, 5) is 26.8. The third kappa shape index (κ3) is 5.03. The molecule has 116 valence electrons. The topological polar surface area (TPSA) is 79.7 Å². The van der Waals surface area contributed by atoms with E-state index in [1.165, 1.54) is 7.11 Å². The fourth-order valence-electron chi connectivity index (χ4n) is 1.49. The molecule has 0 radical (unpaired) electrons. The standard InChI is InChI=1S/C12H13F3N2O4/c1-21-5-4-17(7-10(18)19)11(20)8-2-3-9(16-6-8)12(13,14)15/h2-3,6H,4-5,7H2,1H3,(H,18,19).